The zero-order valence-electron chi connectivity index (χ0n) is 7.07. The molecule has 70 valence electrons. The number of carbonyl (C=O) groups excluding carboxylic acids is 1. The lowest BCUT2D eigenvalue weighted by Crippen LogP contribution is -2.40. The van der Waals surface area contributed by atoms with Crippen molar-refractivity contribution in [2.45, 2.75) is 32.4 Å². The van der Waals surface area contributed by atoms with Gasteiger partial charge in [0.2, 0.25) is 5.91 Å². The highest BCUT2D eigenvalue weighted by molar-refractivity contribution is 5.73. The third-order valence-corrected chi connectivity index (χ3v) is 1.39. The molecule has 0 spiro atoms. The number of carbonyl (C=O) groups is 2. The normalized spacial score (nSPS) is 14.9. The topological polar surface area (TPSA) is 86.6 Å². The Morgan fingerprint density at radius 2 is 2.00 bits per heavy atom. The number of rotatable bonds is 4. The van der Waals surface area contributed by atoms with Crippen LogP contribution in [-0.2, 0) is 9.59 Å². The number of aliphatic hydroxyl groups excluding tert-OH is 1. The van der Waals surface area contributed by atoms with Gasteiger partial charge in [-0.1, -0.05) is 0 Å². The zero-order valence-corrected chi connectivity index (χ0v) is 7.07. The molecule has 0 aromatic heterocycles. The second-order valence-electron chi connectivity index (χ2n) is 2.65. The smallest absolute Gasteiger partial charge is 0.306 e. The molecule has 0 aliphatic heterocycles. The molecular formula is C7H13NO4. The minimum Gasteiger partial charge on any atom is -0.481 e. The van der Waals surface area contributed by atoms with Crippen LogP contribution in [0, 0.1) is 0 Å². The third kappa shape index (κ3) is 4.68. The molecular weight excluding hydrogens is 162 g/mol. The summed E-state index contributed by atoms with van der Waals surface area (Å²) in [6, 6.07) is -0.529. The van der Waals surface area contributed by atoms with Crippen molar-refractivity contribution < 1.29 is 19.8 Å². The number of carboxylic acid groups (broad SMARTS) is 1. The van der Waals surface area contributed by atoms with Crippen LogP contribution in [0.25, 0.3) is 0 Å². The lowest BCUT2D eigenvalue weighted by Gasteiger charge is -2.17. The van der Waals surface area contributed by atoms with Crippen molar-refractivity contribution in [3.05, 3.63) is 0 Å². The summed E-state index contributed by atoms with van der Waals surface area (Å²) in [6.45, 7) is 2.86. The quantitative estimate of drug-likeness (QED) is 0.529. The molecule has 5 nitrogen and oxygen atoms in total. The molecule has 0 radical (unpaired) electrons. The van der Waals surface area contributed by atoms with Gasteiger partial charge in [-0.3, -0.25) is 9.59 Å². The summed E-state index contributed by atoms with van der Waals surface area (Å²) in [5.74, 6) is -1.37. The fourth-order valence-electron chi connectivity index (χ4n) is 0.772. The van der Waals surface area contributed by atoms with Crippen molar-refractivity contribution in [2.24, 2.45) is 0 Å². The molecule has 0 aromatic carbocycles. The molecule has 5 heteroatoms. The summed E-state index contributed by atoms with van der Waals surface area (Å²) in [4.78, 5) is 20.6. The van der Waals surface area contributed by atoms with E-state index in [1.54, 1.807) is 6.92 Å². The van der Waals surface area contributed by atoms with Crippen molar-refractivity contribution in [3.8, 4) is 0 Å². The Hall–Kier alpha value is -1.10. The van der Waals surface area contributed by atoms with Crippen LogP contribution in [0.3, 0.4) is 0 Å². The summed E-state index contributed by atoms with van der Waals surface area (Å²) in [5.41, 5.74) is 0. The number of nitrogens with one attached hydrogen (secondary N) is 1. The van der Waals surface area contributed by atoms with Crippen molar-refractivity contribution in [2.75, 3.05) is 0 Å². The van der Waals surface area contributed by atoms with Gasteiger partial charge in [-0.2, -0.15) is 0 Å². The second kappa shape index (κ2) is 4.71. The molecule has 1 amide bonds. The van der Waals surface area contributed by atoms with E-state index >= 15 is 0 Å². The van der Waals surface area contributed by atoms with E-state index in [9.17, 15) is 9.59 Å². The monoisotopic (exact) mass is 175 g/mol. The molecule has 0 heterocycles. The van der Waals surface area contributed by atoms with E-state index in [0.717, 1.165) is 0 Å². The molecule has 0 aromatic rings. The summed E-state index contributed by atoms with van der Waals surface area (Å²) < 4.78 is 0. The Morgan fingerprint density at radius 1 is 1.50 bits per heavy atom. The van der Waals surface area contributed by atoms with Gasteiger partial charge in [-0.15, -0.1) is 0 Å². The maximum absolute atomic E-state index is 10.5. The predicted octanol–water partition coefficient (Wildman–Crippen LogP) is -0.653. The number of carboxylic acids is 1. The first kappa shape index (κ1) is 10.9. The first-order valence-corrected chi connectivity index (χ1v) is 3.60. The minimum atomic E-state index is -1.08. The lowest BCUT2D eigenvalue weighted by atomic mass is 10.1. The van der Waals surface area contributed by atoms with Gasteiger partial charge < -0.3 is 15.5 Å². The Morgan fingerprint density at radius 3 is 2.33 bits per heavy atom. The summed E-state index contributed by atoms with van der Waals surface area (Å²) >= 11 is 0. The van der Waals surface area contributed by atoms with Crippen LogP contribution in [0.2, 0.25) is 0 Å². The van der Waals surface area contributed by atoms with Crippen LogP contribution in [0.1, 0.15) is 20.3 Å². The van der Waals surface area contributed by atoms with E-state index in [0.29, 0.717) is 0 Å². The number of aliphatic carboxylic acids is 1. The SMILES string of the molecule is CC(=O)NC(C)C(O)CC(=O)O. The van der Waals surface area contributed by atoms with Gasteiger partial charge in [0.15, 0.2) is 0 Å². The Balaban J connectivity index is 3.83. The van der Waals surface area contributed by atoms with E-state index in [-0.39, 0.29) is 12.3 Å². The largest absolute Gasteiger partial charge is 0.481 e. The van der Waals surface area contributed by atoms with Gasteiger partial charge in [0.05, 0.1) is 18.6 Å². The number of hydrogen-bond acceptors (Lipinski definition) is 3. The summed E-state index contributed by atoms with van der Waals surface area (Å²) in [6.07, 6.45) is -1.40. The van der Waals surface area contributed by atoms with Crippen LogP contribution in [0.5, 0.6) is 0 Å². The van der Waals surface area contributed by atoms with Crippen LogP contribution < -0.4 is 5.32 Å². The van der Waals surface area contributed by atoms with Crippen molar-refractivity contribution in [1.29, 1.82) is 0 Å². The first-order chi connectivity index (χ1) is 5.43. The predicted molar refractivity (Wildman–Crippen MR) is 41.5 cm³/mol. The summed E-state index contributed by atoms with van der Waals surface area (Å²) in [5, 5.41) is 19.8. The van der Waals surface area contributed by atoms with Crippen LogP contribution in [0.4, 0.5) is 0 Å². The van der Waals surface area contributed by atoms with Gasteiger partial charge in [-0.25, -0.2) is 0 Å². The summed E-state index contributed by atoms with van der Waals surface area (Å²) in [7, 11) is 0. The van der Waals surface area contributed by atoms with E-state index in [2.05, 4.69) is 5.32 Å². The minimum absolute atomic E-state index is 0.285. The lowest BCUT2D eigenvalue weighted by molar-refractivity contribution is -0.140. The van der Waals surface area contributed by atoms with Crippen molar-refractivity contribution in [3.63, 3.8) is 0 Å². The van der Waals surface area contributed by atoms with Crippen LogP contribution in [-0.4, -0.2) is 34.2 Å². The molecule has 0 bridgehead atoms. The van der Waals surface area contributed by atoms with Gasteiger partial charge in [0.25, 0.3) is 0 Å². The number of aliphatic hydroxyl groups is 1. The molecule has 0 saturated carbocycles. The van der Waals surface area contributed by atoms with E-state index < -0.39 is 18.1 Å². The highest BCUT2D eigenvalue weighted by Gasteiger charge is 2.17. The number of amides is 1. The maximum atomic E-state index is 10.5. The molecule has 0 fully saturated rings. The van der Waals surface area contributed by atoms with Crippen LogP contribution in [0.15, 0.2) is 0 Å². The fraction of sp³-hybridized carbons (Fsp3) is 0.714. The Labute approximate surface area is 70.4 Å². The average molecular weight is 175 g/mol. The second-order valence-corrected chi connectivity index (χ2v) is 2.65. The van der Waals surface area contributed by atoms with Gasteiger partial charge in [-0.05, 0) is 6.92 Å². The van der Waals surface area contributed by atoms with E-state index in [1.165, 1.54) is 6.92 Å². The molecule has 2 atom stereocenters. The van der Waals surface area contributed by atoms with Crippen LogP contribution >= 0.6 is 0 Å². The zero-order chi connectivity index (χ0) is 9.72. The highest BCUT2D eigenvalue weighted by Crippen LogP contribution is 1.97. The van der Waals surface area contributed by atoms with Gasteiger partial charge >= 0.3 is 5.97 Å². The highest BCUT2D eigenvalue weighted by atomic mass is 16.4. The Bertz CT molecular complexity index is 160. The first-order valence-electron chi connectivity index (χ1n) is 3.60. The van der Waals surface area contributed by atoms with Gasteiger partial charge in [0.1, 0.15) is 0 Å². The van der Waals surface area contributed by atoms with E-state index in [1.807, 2.05) is 0 Å². The molecule has 0 aliphatic rings. The van der Waals surface area contributed by atoms with Crippen molar-refractivity contribution >= 4 is 11.9 Å². The molecule has 12 heavy (non-hydrogen) atoms. The Kier molecular flexibility index (Phi) is 4.28. The van der Waals surface area contributed by atoms with E-state index in [4.69, 9.17) is 10.2 Å². The molecule has 0 aliphatic carbocycles. The maximum Gasteiger partial charge on any atom is 0.306 e. The van der Waals surface area contributed by atoms with Crippen molar-refractivity contribution in [1.82, 2.24) is 5.32 Å². The molecule has 3 N–H and O–H groups in total. The molecule has 0 saturated heterocycles. The third-order valence-electron chi connectivity index (χ3n) is 1.39. The average Bonchev–Trinajstić information content (AvgIpc) is 1.84. The molecule has 0 rings (SSSR count). The van der Waals surface area contributed by atoms with Gasteiger partial charge in [0, 0.05) is 6.92 Å². The fourth-order valence-corrected chi connectivity index (χ4v) is 0.772. The molecule has 2 unspecified atom stereocenters. The number of hydrogen-bond donors (Lipinski definition) is 3. The standard InChI is InChI=1S/C7H13NO4/c1-4(8-5(2)9)6(10)3-7(11)12/h4,6,10H,3H2,1-2H3,(H,8,9)(H,11,12).